The largest absolute Gasteiger partial charge is 0.481 e. The Morgan fingerprint density at radius 1 is 1.53 bits per heavy atom. The molecule has 2 N–H and O–H groups in total. The van der Waals surface area contributed by atoms with E-state index >= 15 is 0 Å². The smallest absolute Gasteiger partial charge is 0.311 e. The molecule has 5 nitrogen and oxygen atoms in total. The number of hydrogen-bond acceptors (Lipinski definition) is 4. The maximum absolute atomic E-state index is 11.0. The molecule has 0 spiro atoms. The maximum atomic E-state index is 11.0. The number of carboxylic acids is 1. The third kappa shape index (κ3) is 2.54. The first-order chi connectivity index (χ1) is 8.03. The van der Waals surface area contributed by atoms with Crippen molar-refractivity contribution >= 4 is 11.8 Å². The average molecular weight is 235 g/mol. The average Bonchev–Trinajstić information content (AvgIpc) is 3.08. The summed E-state index contributed by atoms with van der Waals surface area (Å²) in [6, 6.07) is 1.88. The van der Waals surface area contributed by atoms with Gasteiger partial charge in [-0.05, 0) is 18.8 Å². The lowest BCUT2D eigenvalue weighted by molar-refractivity contribution is -0.142. The minimum Gasteiger partial charge on any atom is -0.481 e. The minimum atomic E-state index is -0.719. The SMILES string of the molecule is CC(C)c1cc(NCC2(C(=O)O)CC2)ncn1. The minimum absolute atomic E-state index is 0.341. The van der Waals surface area contributed by atoms with E-state index in [1.54, 1.807) is 0 Å². The zero-order chi connectivity index (χ0) is 12.5. The fraction of sp³-hybridized carbons (Fsp3) is 0.583. The zero-order valence-electron chi connectivity index (χ0n) is 10.1. The van der Waals surface area contributed by atoms with Crippen LogP contribution >= 0.6 is 0 Å². The molecule has 0 amide bonds. The summed E-state index contributed by atoms with van der Waals surface area (Å²) in [5.41, 5.74) is 0.394. The molecule has 2 rings (SSSR count). The molecule has 17 heavy (non-hydrogen) atoms. The number of hydrogen-bond donors (Lipinski definition) is 2. The Morgan fingerprint density at radius 2 is 2.24 bits per heavy atom. The molecule has 92 valence electrons. The molecule has 1 aliphatic carbocycles. The van der Waals surface area contributed by atoms with Gasteiger partial charge in [-0.1, -0.05) is 13.8 Å². The topological polar surface area (TPSA) is 75.1 Å². The van der Waals surface area contributed by atoms with Crippen molar-refractivity contribution < 1.29 is 9.90 Å². The maximum Gasteiger partial charge on any atom is 0.311 e. The molecule has 5 heteroatoms. The van der Waals surface area contributed by atoms with Crippen molar-refractivity contribution in [3.63, 3.8) is 0 Å². The van der Waals surface area contributed by atoms with E-state index in [-0.39, 0.29) is 0 Å². The highest BCUT2D eigenvalue weighted by Gasteiger charge is 2.50. The molecule has 1 aliphatic rings. The van der Waals surface area contributed by atoms with Crippen LogP contribution < -0.4 is 5.32 Å². The predicted molar refractivity (Wildman–Crippen MR) is 63.9 cm³/mol. The molecular weight excluding hydrogens is 218 g/mol. The highest BCUT2D eigenvalue weighted by Crippen LogP contribution is 2.45. The molecule has 1 aromatic rings. The van der Waals surface area contributed by atoms with Crippen molar-refractivity contribution in [2.45, 2.75) is 32.6 Å². The van der Waals surface area contributed by atoms with Gasteiger partial charge in [-0.15, -0.1) is 0 Å². The van der Waals surface area contributed by atoms with Crippen LogP contribution in [0.1, 0.15) is 38.3 Å². The number of carbonyl (C=O) groups is 1. The first-order valence-corrected chi connectivity index (χ1v) is 5.83. The molecule has 1 saturated carbocycles. The lowest BCUT2D eigenvalue weighted by Crippen LogP contribution is -2.24. The van der Waals surface area contributed by atoms with Gasteiger partial charge in [0.15, 0.2) is 0 Å². The van der Waals surface area contributed by atoms with Gasteiger partial charge in [-0.3, -0.25) is 4.79 Å². The highest BCUT2D eigenvalue weighted by molar-refractivity contribution is 5.78. The summed E-state index contributed by atoms with van der Waals surface area (Å²) in [4.78, 5) is 19.3. The lowest BCUT2D eigenvalue weighted by Gasteiger charge is -2.12. The van der Waals surface area contributed by atoms with Gasteiger partial charge in [0, 0.05) is 18.3 Å². The molecule has 0 unspecified atom stereocenters. The standard InChI is InChI=1S/C12H17N3O2/c1-8(2)9-5-10(15-7-14-9)13-6-12(3-4-12)11(16)17/h5,7-8H,3-4,6H2,1-2H3,(H,16,17)(H,13,14,15). The van der Waals surface area contributed by atoms with Crippen LogP contribution in [0.4, 0.5) is 5.82 Å². The second kappa shape index (κ2) is 4.31. The summed E-state index contributed by atoms with van der Waals surface area (Å²) in [7, 11) is 0. The summed E-state index contributed by atoms with van der Waals surface area (Å²) < 4.78 is 0. The second-order valence-corrected chi connectivity index (χ2v) is 4.92. The second-order valence-electron chi connectivity index (χ2n) is 4.92. The lowest BCUT2D eigenvalue weighted by atomic mass is 10.1. The van der Waals surface area contributed by atoms with Crippen molar-refractivity contribution in [1.29, 1.82) is 0 Å². The molecule has 1 aromatic heterocycles. The number of nitrogens with one attached hydrogen (secondary N) is 1. The van der Waals surface area contributed by atoms with Crippen molar-refractivity contribution in [2.24, 2.45) is 5.41 Å². The van der Waals surface area contributed by atoms with Gasteiger partial charge in [0.05, 0.1) is 5.41 Å². The van der Waals surface area contributed by atoms with Gasteiger partial charge in [0.2, 0.25) is 0 Å². The Kier molecular flexibility index (Phi) is 3.00. The third-order valence-corrected chi connectivity index (χ3v) is 3.19. The van der Waals surface area contributed by atoms with E-state index in [4.69, 9.17) is 5.11 Å². The summed E-state index contributed by atoms with van der Waals surface area (Å²) in [5, 5.41) is 12.1. The first-order valence-electron chi connectivity index (χ1n) is 5.83. The Hall–Kier alpha value is -1.65. The van der Waals surface area contributed by atoms with Crippen LogP contribution in [-0.4, -0.2) is 27.6 Å². The number of aromatic nitrogens is 2. The number of nitrogens with zero attached hydrogens (tertiary/aromatic N) is 2. The highest BCUT2D eigenvalue weighted by atomic mass is 16.4. The summed E-state index contributed by atoms with van der Waals surface area (Å²) in [6.45, 7) is 4.56. The molecule has 1 heterocycles. The molecule has 0 aromatic carbocycles. The van der Waals surface area contributed by atoms with Gasteiger partial charge in [-0.25, -0.2) is 9.97 Å². The molecule has 0 bridgehead atoms. The number of aliphatic carboxylic acids is 1. The molecule has 1 fully saturated rings. The summed E-state index contributed by atoms with van der Waals surface area (Å²) in [6.07, 6.45) is 3.01. The van der Waals surface area contributed by atoms with E-state index in [9.17, 15) is 4.79 Å². The van der Waals surface area contributed by atoms with Crippen LogP contribution in [-0.2, 0) is 4.79 Å². The molecule has 0 saturated heterocycles. The van der Waals surface area contributed by atoms with Crippen molar-refractivity contribution in [3.8, 4) is 0 Å². The number of anilines is 1. The van der Waals surface area contributed by atoms with Crippen molar-refractivity contribution in [2.75, 3.05) is 11.9 Å². The van der Waals surface area contributed by atoms with Crippen molar-refractivity contribution in [1.82, 2.24) is 9.97 Å². The Balaban J connectivity index is 2.00. The molecule has 0 atom stereocenters. The fourth-order valence-electron chi connectivity index (χ4n) is 1.66. The fourth-order valence-corrected chi connectivity index (χ4v) is 1.66. The zero-order valence-corrected chi connectivity index (χ0v) is 10.1. The van der Waals surface area contributed by atoms with Gasteiger partial charge in [0.25, 0.3) is 0 Å². The monoisotopic (exact) mass is 235 g/mol. The van der Waals surface area contributed by atoms with E-state index in [0.717, 1.165) is 18.5 Å². The Morgan fingerprint density at radius 3 is 2.76 bits per heavy atom. The third-order valence-electron chi connectivity index (χ3n) is 3.19. The van der Waals surface area contributed by atoms with Crippen LogP contribution in [0.5, 0.6) is 0 Å². The quantitative estimate of drug-likeness (QED) is 0.815. The van der Waals surface area contributed by atoms with Crippen LogP contribution in [0.2, 0.25) is 0 Å². The number of rotatable bonds is 5. The van der Waals surface area contributed by atoms with Crippen molar-refractivity contribution in [3.05, 3.63) is 18.1 Å². The van der Waals surface area contributed by atoms with Gasteiger partial charge < -0.3 is 10.4 Å². The van der Waals surface area contributed by atoms with Crippen LogP contribution in [0.25, 0.3) is 0 Å². The van der Waals surface area contributed by atoms with E-state index in [0.29, 0.717) is 18.3 Å². The summed E-state index contributed by atoms with van der Waals surface area (Å²) in [5.74, 6) is 0.326. The summed E-state index contributed by atoms with van der Waals surface area (Å²) >= 11 is 0. The normalized spacial score (nSPS) is 16.9. The van der Waals surface area contributed by atoms with Gasteiger partial charge >= 0.3 is 5.97 Å². The van der Waals surface area contributed by atoms with E-state index in [2.05, 4.69) is 29.1 Å². The van der Waals surface area contributed by atoms with Gasteiger partial charge in [0.1, 0.15) is 12.1 Å². The van der Waals surface area contributed by atoms with Crippen LogP contribution in [0.3, 0.4) is 0 Å². The first kappa shape index (κ1) is 11.8. The molecule has 0 aliphatic heterocycles. The predicted octanol–water partition coefficient (Wildman–Crippen LogP) is 1.88. The number of carboxylic acid groups (broad SMARTS) is 1. The van der Waals surface area contributed by atoms with E-state index < -0.39 is 11.4 Å². The molecular formula is C12H17N3O2. The molecule has 0 radical (unpaired) electrons. The van der Waals surface area contributed by atoms with Gasteiger partial charge in [-0.2, -0.15) is 0 Å². The van der Waals surface area contributed by atoms with Crippen LogP contribution in [0.15, 0.2) is 12.4 Å². The van der Waals surface area contributed by atoms with Crippen LogP contribution in [0, 0.1) is 5.41 Å². The van der Waals surface area contributed by atoms with E-state index in [1.165, 1.54) is 6.33 Å². The van der Waals surface area contributed by atoms with E-state index in [1.807, 2.05) is 6.07 Å². The Bertz CT molecular complexity index is 428. The Labute approximate surface area is 100 Å².